The fourth-order valence-electron chi connectivity index (χ4n) is 4.97. The molecule has 0 unspecified atom stereocenters. The highest BCUT2D eigenvalue weighted by Gasteiger charge is 2.35. The number of imidazole rings is 1. The average molecular weight is 502 g/mol. The number of rotatable bonds is 7. The number of nitrogens with zero attached hydrogens (tertiary/aromatic N) is 6. The summed E-state index contributed by atoms with van der Waals surface area (Å²) in [6.45, 7) is 2.03. The Morgan fingerprint density at radius 2 is 2.11 bits per heavy atom. The summed E-state index contributed by atoms with van der Waals surface area (Å²) in [5.74, 6) is 0.605. The SMILES string of the molecule is COc1nc(N[C@@H]2CCN(C3COC3)C[C@H]2F)nn2ccc(-c3ccc4ncn(CC(F)F)c4c3)c12. The first-order valence-corrected chi connectivity index (χ1v) is 11.9. The molecule has 2 aliphatic heterocycles. The molecule has 0 radical (unpaired) electrons. The number of hydrogen-bond donors (Lipinski definition) is 1. The van der Waals surface area contributed by atoms with Crippen molar-refractivity contribution in [3.63, 3.8) is 0 Å². The third-order valence-electron chi connectivity index (χ3n) is 6.96. The van der Waals surface area contributed by atoms with Crippen LogP contribution in [0.4, 0.5) is 19.1 Å². The van der Waals surface area contributed by atoms with E-state index < -0.39 is 25.2 Å². The zero-order valence-corrected chi connectivity index (χ0v) is 19.6. The Kier molecular flexibility index (Phi) is 5.92. The van der Waals surface area contributed by atoms with Gasteiger partial charge < -0.3 is 19.4 Å². The Morgan fingerprint density at radius 1 is 1.25 bits per heavy atom. The lowest BCUT2D eigenvalue weighted by Gasteiger charge is -2.42. The summed E-state index contributed by atoms with van der Waals surface area (Å²) in [5.41, 5.74) is 3.44. The van der Waals surface area contributed by atoms with Gasteiger partial charge in [0, 0.05) is 24.8 Å². The Hall–Kier alpha value is -3.38. The summed E-state index contributed by atoms with van der Waals surface area (Å²) < 4.78 is 54.8. The van der Waals surface area contributed by atoms with Crippen LogP contribution in [0.2, 0.25) is 0 Å². The van der Waals surface area contributed by atoms with Gasteiger partial charge in [-0.2, -0.15) is 4.98 Å². The molecule has 0 amide bonds. The number of benzene rings is 1. The molecule has 2 saturated heterocycles. The number of aromatic nitrogens is 5. The van der Waals surface area contributed by atoms with E-state index in [1.165, 1.54) is 18.0 Å². The second-order valence-corrected chi connectivity index (χ2v) is 9.20. The molecule has 5 heterocycles. The van der Waals surface area contributed by atoms with Crippen molar-refractivity contribution < 1.29 is 22.6 Å². The molecule has 2 atom stereocenters. The van der Waals surface area contributed by atoms with Crippen molar-refractivity contribution in [1.82, 2.24) is 29.0 Å². The van der Waals surface area contributed by atoms with Gasteiger partial charge in [-0.3, -0.25) is 4.90 Å². The minimum absolute atomic E-state index is 0.278. The standard InChI is InChI=1S/C24H26F3N7O2/c1-35-23-22-16(14-2-3-19-20(8-14)33(13-28-19)10-21(26)27)4-7-34(22)31-24(30-23)29-18-5-6-32(9-17(18)25)15-11-36-12-15/h2-4,7-8,13,15,17-18,21H,5-6,9-12H2,1H3,(H,29,31)/t17-,18-/m1/s1. The maximum absolute atomic E-state index is 14.9. The zero-order valence-electron chi connectivity index (χ0n) is 19.6. The highest BCUT2D eigenvalue weighted by Crippen LogP contribution is 2.33. The Labute approximate surface area is 204 Å². The molecule has 2 aliphatic rings. The van der Waals surface area contributed by atoms with Gasteiger partial charge in [0.1, 0.15) is 11.7 Å². The zero-order chi connectivity index (χ0) is 24.8. The third kappa shape index (κ3) is 4.13. The van der Waals surface area contributed by atoms with Crippen LogP contribution in [0.5, 0.6) is 5.88 Å². The maximum Gasteiger partial charge on any atom is 0.256 e. The van der Waals surface area contributed by atoms with Crippen molar-refractivity contribution >= 4 is 22.5 Å². The minimum atomic E-state index is -2.48. The number of fused-ring (bicyclic) bond motifs is 2. The lowest BCUT2D eigenvalue weighted by atomic mass is 10.0. The van der Waals surface area contributed by atoms with Gasteiger partial charge in [-0.25, -0.2) is 22.7 Å². The van der Waals surface area contributed by atoms with E-state index >= 15 is 0 Å². The molecule has 9 nitrogen and oxygen atoms in total. The van der Waals surface area contributed by atoms with Crippen LogP contribution in [-0.4, -0.2) is 87.1 Å². The lowest BCUT2D eigenvalue weighted by molar-refractivity contribution is -0.0794. The van der Waals surface area contributed by atoms with Crippen LogP contribution in [0, 0.1) is 0 Å². The predicted molar refractivity (Wildman–Crippen MR) is 127 cm³/mol. The molecule has 0 spiro atoms. The molecular weight excluding hydrogens is 475 g/mol. The monoisotopic (exact) mass is 501 g/mol. The molecular formula is C24H26F3N7O2. The molecule has 36 heavy (non-hydrogen) atoms. The van der Waals surface area contributed by atoms with Crippen molar-refractivity contribution in [3.8, 4) is 17.0 Å². The van der Waals surface area contributed by atoms with Gasteiger partial charge in [0.2, 0.25) is 11.8 Å². The molecule has 1 aromatic carbocycles. The highest BCUT2D eigenvalue weighted by molar-refractivity contribution is 5.89. The number of methoxy groups -OCH3 is 1. The topological polar surface area (TPSA) is 81.7 Å². The number of anilines is 1. The molecule has 0 saturated carbocycles. The fourth-order valence-corrected chi connectivity index (χ4v) is 4.97. The number of hydrogen-bond acceptors (Lipinski definition) is 7. The van der Waals surface area contributed by atoms with Crippen LogP contribution in [0.1, 0.15) is 6.42 Å². The van der Waals surface area contributed by atoms with E-state index in [1.807, 2.05) is 18.2 Å². The number of ether oxygens (including phenoxy) is 2. The molecule has 6 rings (SSSR count). The second kappa shape index (κ2) is 9.25. The second-order valence-electron chi connectivity index (χ2n) is 9.20. The van der Waals surface area contributed by atoms with E-state index in [2.05, 4.69) is 25.3 Å². The van der Waals surface area contributed by atoms with Crippen LogP contribution in [0.3, 0.4) is 0 Å². The van der Waals surface area contributed by atoms with E-state index in [0.717, 1.165) is 17.7 Å². The van der Waals surface area contributed by atoms with Crippen LogP contribution < -0.4 is 10.1 Å². The number of piperidine rings is 1. The van der Waals surface area contributed by atoms with E-state index in [9.17, 15) is 13.2 Å². The van der Waals surface area contributed by atoms with E-state index in [0.29, 0.717) is 54.7 Å². The molecule has 3 aromatic heterocycles. The van der Waals surface area contributed by atoms with Gasteiger partial charge in [-0.05, 0) is 30.2 Å². The minimum Gasteiger partial charge on any atom is -0.479 e. The first kappa shape index (κ1) is 23.0. The average Bonchev–Trinajstić information content (AvgIpc) is 3.43. The number of nitrogens with one attached hydrogen (secondary N) is 1. The number of likely N-dealkylation sites (tertiary alicyclic amines) is 1. The van der Waals surface area contributed by atoms with Gasteiger partial charge in [-0.15, -0.1) is 5.10 Å². The van der Waals surface area contributed by atoms with Crippen LogP contribution in [0.25, 0.3) is 27.7 Å². The van der Waals surface area contributed by atoms with E-state index in [4.69, 9.17) is 9.47 Å². The van der Waals surface area contributed by atoms with Gasteiger partial charge in [0.05, 0.1) is 56.3 Å². The van der Waals surface area contributed by atoms with Crippen molar-refractivity contribution in [2.24, 2.45) is 0 Å². The molecule has 0 bridgehead atoms. The molecule has 1 N–H and O–H groups in total. The summed E-state index contributed by atoms with van der Waals surface area (Å²) in [5, 5.41) is 7.70. The highest BCUT2D eigenvalue weighted by atomic mass is 19.3. The van der Waals surface area contributed by atoms with Crippen LogP contribution in [0.15, 0.2) is 36.8 Å². The largest absolute Gasteiger partial charge is 0.479 e. The van der Waals surface area contributed by atoms with Crippen molar-refractivity contribution in [3.05, 3.63) is 36.8 Å². The molecule has 12 heteroatoms. The van der Waals surface area contributed by atoms with Crippen molar-refractivity contribution in [1.29, 1.82) is 0 Å². The molecule has 2 fully saturated rings. The van der Waals surface area contributed by atoms with Gasteiger partial charge in [0.25, 0.3) is 6.43 Å². The van der Waals surface area contributed by atoms with Crippen molar-refractivity contribution in [2.45, 2.75) is 37.6 Å². The first-order valence-electron chi connectivity index (χ1n) is 11.9. The number of alkyl halides is 3. The first-order chi connectivity index (χ1) is 17.5. The lowest BCUT2D eigenvalue weighted by Crippen LogP contribution is -2.57. The van der Waals surface area contributed by atoms with Crippen LogP contribution in [-0.2, 0) is 11.3 Å². The fraction of sp³-hybridized carbons (Fsp3) is 0.458. The summed E-state index contributed by atoms with van der Waals surface area (Å²) in [7, 11) is 1.51. The number of halogens is 3. The Balaban J connectivity index is 1.28. The Morgan fingerprint density at radius 3 is 2.83 bits per heavy atom. The molecule has 190 valence electrons. The van der Waals surface area contributed by atoms with Crippen LogP contribution >= 0.6 is 0 Å². The van der Waals surface area contributed by atoms with Crippen molar-refractivity contribution in [2.75, 3.05) is 38.7 Å². The third-order valence-corrected chi connectivity index (χ3v) is 6.96. The van der Waals surface area contributed by atoms with Gasteiger partial charge in [-0.1, -0.05) is 6.07 Å². The Bertz CT molecular complexity index is 1390. The predicted octanol–water partition coefficient (Wildman–Crippen LogP) is 3.24. The summed E-state index contributed by atoms with van der Waals surface area (Å²) in [6.07, 6.45) is 0.277. The molecule has 0 aliphatic carbocycles. The van der Waals surface area contributed by atoms with E-state index in [1.54, 1.807) is 16.8 Å². The smallest absolute Gasteiger partial charge is 0.256 e. The van der Waals surface area contributed by atoms with Gasteiger partial charge >= 0.3 is 0 Å². The molecule has 4 aromatic rings. The normalized spacial score (nSPS) is 21.4. The summed E-state index contributed by atoms with van der Waals surface area (Å²) in [6, 6.07) is 7.25. The summed E-state index contributed by atoms with van der Waals surface area (Å²) in [4.78, 5) is 10.9. The van der Waals surface area contributed by atoms with E-state index in [-0.39, 0.29) is 5.95 Å². The maximum atomic E-state index is 14.9. The van der Waals surface area contributed by atoms with Gasteiger partial charge in [0.15, 0.2) is 0 Å². The summed E-state index contributed by atoms with van der Waals surface area (Å²) >= 11 is 0. The quantitative estimate of drug-likeness (QED) is 0.416.